The van der Waals surface area contributed by atoms with Crippen LogP contribution in [-0.2, 0) is 22.4 Å². The van der Waals surface area contributed by atoms with Crippen LogP contribution in [0.4, 0.5) is 4.79 Å². The number of benzene rings is 2. The van der Waals surface area contributed by atoms with Crippen LogP contribution in [0, 0.1) is 0 Å². The zero-order valence-corrected chi connectivity index (χ0v) is 17.9. The lowest BCUT2D eigenvalue weighted by Crippen LogP contribution is -2.50. The van der Waals surface area contributed by atoms with Crippen molar-refractivity contribution >= 4 is 25.3 Å². The molecule has 3 rings (SSSR count). The SMILES string of the molecule is [B]c1ccc(CC(NC(=O)OC(C)(C)C)C(=O)NC2CCCc3ccccc32)cc1. The molecular weight excluding hydrogens is 375 g/mol. The van der Waals surface area contributed by atoms with E-state index in [1.165, 1.54) is 5.56 Å². The van der Waals surface area contributed by atoms with Crippen LogP contribution in [0.3, 0.4) is 0 Å². The highest BCUT2D eigenvalue weighted by atomic mass is 16.6. The lowest BCUT2D eigenvalue weighted by atomic mass is 9.87. The average molecular weight is 404 g/mol. The highest BCUT2D eigenvalue weighted by Crippen LogP contribution is 2.29. The Bertz CT molecular complexity index is 890. The normalized spacial score (nSPS) is 16.8. The number of alkyl carbamates (subject to hydrolysis) is 1. The topological polar surface area (TPSA) is 67.4 Å². The van der Waals surface area contributed by atoms with Crippen LogP contribution in [0.15, 0.2) is 48.5 Å². The summed E-state index contributed by atoms with van der Waals surface area (Å²) < 4.78 is 5.37. The summed E-state index contributed by atoms with van der Waals surface area (Å²) in [6.45, 7) is 5.38. The fourth-order valence-corrected chi connectivity index (χ4v) is 3.72. The predicted molar refractivity (Wildman–Crippen MR) is 119 cm³/mol. The van der Waals surface area contributed by atoms with E-state index >= 15 is 0 Å². The second kappa shape index (κ2) is 9.37. The second-order valence-corrected chi connectivity index (χ2v) is 8.80. The number of carbonyl (C=O) groups is 2. The van der Waals surface area contributed by atoms with Gasteiger partial charge in [-0.1, -0.05) is 54.0 Å². The van der Waals surface area contributed by atoms with Gasteiger partial charge in [-0.25, -0.2) is 4.79 Å². The number of fused-ring (bicyclic) bond motifs is 1. The van der Waals surface area contributed by atoms with Gasteiger partial charge in [-0.3, -0.25) is 4.79 Å². The van der Waals surface area contributed by atoms with Crippen molar-refractivity contribution in [2.45, 2.75) is 64.1 Å². The molecule has 0 bridgehead atoms. The molecule has 0 saturated carbocycles. The molecule has 1 aliphatic rings. The maximum Gasteiger partial charge on any atom is 0.408 e. The van der Waals surface area contributed by atoms with E-state index in [1.54, 1.807) is 32.9 Å². The Hall–Kier alpha value is -2.76. The average Bonchev–Trinajstić information content (AvgIpc) is 2.68. The molecule has 2 aromatic rings. The van der Waals surface area contributed by atoms with E-state index in [0.717, 1.165) is 30.4 Å². The Morgan fingerprint density at radius 1 is 1.13 bits per heavy atom. The van der Waals surface area contributed by atoms with Crippen molar-refractivity contribution in [2.24, 2.45) is 0 Å². The molecule has 2 N–H and O–H groups in total. The molecule has 0 aromatic heterocycles. The van der Waals surface area contributed by atoms with E-state index in [2.05, 4.69) is 22.8 Å². The maximum absolute atomic E-state index is 13.2. The number of ether oxygens (including phenoxy) is 1. The highest BCUT2D eigenvalue weighted by molar-refractivity contribution is 6.32. The van der Waals surface area contributed by atoms with Crippen LogP contribution < -0.4 is 16.1 Å². The number of hydrogen-bond acceptors (Lipinski definition) is 3. The fraction of sp³-hybridized carbons (Fsp3) is 0.417. The first-order valence-corrected chi connectivity index (χ1v) is 10.4. The highest BCUT2D eigenvalue weighted by Gasteiger charge is 2.28. The Balaban J connectivity index is 1.75. The summed E-state index contributed by atoms with van der Waals surface area (Å²) in [5.41, 5.74) is 3.34. The zero-order chi connectivity index (χ0) is 21.7. The van der Waals surface area contributed by atoms with Crippen LogP contribution in [-0.4, -0.2) is 31.5 Å². The molecule has 2 aromatic carbocycles. The van der Waals surface area contributed by atoms with Crippen molar-refractivity contribution < 1.29 is 14.3 Å². The smallest absolute Gasteiger partial charge is 0.408 e. The van der Waals surface area contributed by atoms with Gasteiger partial charge in [0, 0.05) is 6.42 Å². The molecule has 2 radical (unpaired) electrons. The third-order valence-electron chi connectivity index (χ3n) is 5.11. The first-order valence-electron chi connectivity index (χ1n) is 10.4. The number of rotatable bonds is 5. The molecular formula is C24H29BN2O3. The molecule has 0 saturated heterocycles. The van der Waals surface area contributed by atoms with E-state index in [-0.39, 0.29) is 11.9 Å². The number of carbonyl (C=O) groups excluding carboxylic acids is 2. The molecule has 30 heavy (non-hydrogen) atoms. The monoisotopic (exact) mass is 404 g/mol. The number of amides is 2. The minimum atomic E-state index is -0.752. The van der Waals surface area contributed by atoms with Crippen molar-refractivity contribution in [2.75, 3.05) is 0 Å². The van der Waals surface area contributed by atoms with Crippen molar-refractivity contribution in [3.05, 3.63) is 65.2 Å². The Kier molecular flexibility index (Phi) is 6.85. The molecule has 5 nitrogen and oxygen atoms in total. The Labute approximate surface area is 180 Å². The van der Waals surface area contributed by atoms with Crippen molar-refractivity contribution in [1.82, 2.24) is 10.6 Å². The van der Waals surface area contributed by atoms with Gasteiger partial charge in [0.1, 0.15) is 19.5 Å². The zero-order valence-electron chi connectivity index (χ0n) is 17.9. The van der Waals surface area contributed by atoms with Crippen LogP contribution in [0.5, 0.6) is 0 Å². The molecule has 2 amide bonds. The minimum absolute atomic E-state index is 0.0585. The quantitative estimate of drug-likeness (QED) is 0.753. The van der Waals surface area contributed by atoms with Gasteiger partial charge < -0.3 is 15.4 Å². The third-order valence-corrected chi connectivity index (χ3v) is 5.11. The number of nitrogens with one attached hydrogen (secondary N) is 2. The van der Waals surface area contributed by atoms with Crippen molar-refractivity contribution in [1.29, 1.82) is 0 Å². The summed E-state index contributed by atoms with van der Waals surface area (Å²) in [5, 5.41) is 5.89. The molecule has 0 heterocycles. The maximum atomic E-state index is 13.2. The molecule has 1 aliphatic carbocycles. The van der Waals surface area contributed by atoms with Crippen molar-refractivity contribution in [3.8, 4) is 0 Å². The predicted octanol–water partition coefficient (Wildman–Crippen LogP) is 3.11. The number of hydrogen-bond donors (Lipinski definition) is 2. The van der Waals surface area contributed by atoms with Gasteiger partial charge in [0.15, 0.2) is 0 Å². The standard InChI is InChI=1S/C24H29BN2O3/c1-24(2,3)30-23(29)27-21(15-16-11-13-18(25)14-12-16)22(28)26-20-10-6-8-17-7-4-5-9-19(17)20/h4-5,7,9,11-14,20-21H,6,8,10,15H2,1-3H3,(H,26,28)(H,27,29). The van der Waals surface area contributed by atoms with Crippen molar-refractivity contribution in [3.63, 3.8) is 0 Å². The van der Waals surface area contributed by atoms with Gasteiger partial charge in [0.05, 0.1) is 6.04 Å². The van der Waals surface area contributed by atoms with E-state index in [1.807, 2.05) is 24.3 Å². The van der Waals surface area contributed by atoms with Gasteiger partial charge in [0.2, 0.25) is 5.91 Å². The lowest BCUT2D eigenvalue weighted by molar-refractivity contribution is -0.124. The summed E-state index contributed by atoms with van der Waals surface area (Å²) in [7, 11) is 5.77. The van der Waals surface area contributed by atoms with Gasteiger partial charge in [0.25, 0.3) is 0 Å². The fourth-order valence-electron chi connectivity index (χ4n) is 3.72. The van der Waals surface area contributed by atoms with Gasteiger partial charge in [-0.2, -0.15) is 0 Å². The second-order valence-electron chi connectivity index (χ2n) is 8.80. The van der Waals surface area contributed by atoms with E-state index < -0.39 is 17.7 Å². The first kappa shape index (κ1) is 21.9. The summed E-state index contributed by atoms with van der Waals surface area (Å²) >= 11 is 0. The van der Waals surface area contributed by atoms with Crippen LogP contribution in [0.1, 0.15) is 56.3 Å². The molecule has 0 aliphatic heterocycles. The summed E-state index contributed by atoms with van der Waals surface area (Å²) in [4.78, 5) is 25.6. The minimum Gasteiger partial charge on any atom is -0.444 e. The van der Waals surface area contributed by atoms with E-state index in [0.29, 0.717) is 11.9 Å². The van der Waals surface area contributed by atoms with E-state index in [9.17, 15) is 9.59 Å². The van der Waals surface area contributed by atoms with Gasteiger partial charge in [-0.15, -0.1) is 0 Å². The number of aryl methyl sites for hydroxylation is 1. The van der Waals surface area contributed by atoms with Crippen LogP contribution in [0.25, 0.3) is 0 Å². The molecule has 0 fully saturated rings. The molecule has 156 valence electrons. The summed E-state index contributed by atoms with van der Waals surface area (Å²) in [6.07, 6.45) is 2.66. The molecule has 6 heteroatoms. The lowest BCUT2D eigenvalue weighted by Gasteiger charge is -2.29. The Morgan fingerprint density at radius 3 is 2.53 bits per heavy atom. The first-order chi connectivity index (χ1) is 14.2. The molecule has 0 spiro atoms. The largest absolute Gasteiger partial charge is 0.444 e. The van der Waals surface area contributed by atoms with Gasteiger partial charge in [-0.05, 0) is 56.7 Å². The third kappa shape index (κ3) is 6.12. The Morgan fingerprint density at radius 2 is 1.83 bits per heavy atom. The summed E-state index contributed by atoms with van der Waals surface area (Å²) in [5.74, 6) is -0.223. The van der Waals surface area contributed by atoms with E-state index in [4.69, 9.17) is 12.6 Å². The van der Waals surface area contributed by atoms with Crippen LogP contribution in [0.2, 0.25) is 0 Å². The van der Waals surface area contributed by atoms with Crippen LogP contribution >= 0.6 is 0 Å². The molecule has 2 unspecified atom stereocenters. The van der Waals surface area contributed by atoms with Gasteiger partial charge >= 0.3 is 6.09 Å². The molecule has 2 atom stereocenters. The summed E-state index contributed by atoms with van der Waals surface area (Å²) in [6, 6.07) is 14.7.